The SMILES string of the molecule is CCCCCCCCCC(=O)OC.COC(=O)c1ccccc1. The molecule has 0 radical (unpaired) electrons. The Bertz CT molecular complexity index is 415. The Kier molecular flexibility index (Phi) is 13.9. The van der Waals surface area contributed by atoms with Gasteiger partial charge in [-0.25, -0.2) is 4.79 Å². The molecule has 0 spiro atoms. The second-order valence-corrected chi connectivity index (χ2v) is 5.31. The van der Waals surface area contributed by atoms with Crippen LogP contribution in [0.15, 0.2) is 30.3 Å². The molecule has 0 aliphatic heterocycles. The Balaban J connectivity index is 0.000000433. The number of benzene rings is 1. The molecule has 0 unspecified atom stereocenters. The molecule has 4 heteroatoms. The molecule has 0 atom stereocenters. The predicted molar refractivity (Wildman–Crippen MR) is 92.4 cm³/mol. The monoisotopic (exact) mass is 322 g/mol. The number of methoxy groups -OCH3 is 2. The van der Waals surface area contributed by atoms with Gasteiger partial charge in [0.25, 0.3) is 0 Å². The van der Waals surface area contributed by atoms with E-state index >= 15 is 0 Å². The molecular formula is C19H30O4. The first-order valence-electron chi connectivity index (χ1n) is 8.35. The van der Waals surface area contributed by atoms with Crippen LogP contribution in [0.25, 0.3) is 0 Å². The van der Waals surface area contributed by atoms with Gasteiger partial charge in [-0.2, -0.15) is 0 Å². The second-order valence-electron chi connectivity index (χ2n) is 5.31. The summed E-state index contributed by atoms with van der Waals surface area (Å²) < 4.78 is 9.05. The number of carbonyl (C=O) groups is 2. The van der Waals surface area contributed by atoms with Gasteiger partial charge in [-0.1, -0.05) is 63.6 Å². The van der Waals surface area contributed by atoms with Crippen molar-refractivity contribution >= 4 is 11.9 Å². The van der Waals surface area contributed by atoms with E-state index in [-0.39, 0.29) is 11.9 Å². The maximum absolute atomic E-state index is 10.8. The summed E-state index contributed by atoms with van der Waals surface area (Å²) in [7, 11) is 2.82. The molecule has 4 nitrogen and oxygen atoms in total. The quantitative estimate of drug-likeness (QED) is 0.485. The highest BCUT2D eigenvalue weighted by Gasteiger charge is 2.00. The van der Waals surface area contributed by atoms with Crippen molar-refractivity contribution in [3.05, 3.63) is 35.9 Å². The summed E-state index contributed by atoms with van der Waals surface area (Å²) in [6, 6.07) is 8.88. The lowest BCUT2D eigenvalue weighted by atomic mass is 10.1. The average molecular weight is 322 g/mol. The van der Waals surface area contributed by atoms with Gasteiger partial charge in [-0.3, -0.25) is 4.79 Å². The lowest BCUT2D eigenvalue weighted by Gasteiger charge is -2.00. The van der Waals surface area contributed by atoms with Crippen molar-refractivity contribution in [2.24, 2.45) is 0 Å². The van der Waals surface area contributed by atoms with Crippen molar-refractivity contribution in [1.29, 1.82) is 0 Å². The second kappa shape index (κ2) is 15.1. The van der Waals surface area contributed by atoms with Crippen molar-refractivity contribution in [2.45, 2.75) is 58.3 Å². The first-order chi connectivity index (χ1) is 11.2. The van der Waals surface area contributed by atoms with Crippen LogP contribution in [0, 0.1) is 0 Å². The predicted octanol–water partition coefficient (Wildman–Crippen LogP) is 4.77. The molecule has 23 heavy (non-hydrogen) atoms. The largest absolute Gasteiger partial charge is 0.469 e. The van der Waals surface area contributed by atoms with E-state index in [4.69, 9.17) is 0 Å². The molecule has 1 aromatic rings. The van der Waals surface area contributed by atoms with Crippen LogP contribution in [-0.4, -0.2) is 26.2 Å². The van der Waals surface area contributed by atoms with Crippen LogP contribution in [-0.2, 0) is 14.3 Å². The zero-order valence-corrected chi connectivity index (χ0v) is 14.7. The Morgan fingerprint density at radius 1 is 0.826 bits per heavy atom. The van der Waals surface area contributed by atoms with Gasteiger partial charge in [0.1, 0.15) is 0 Å². The molecule has 0 aliphatic carbocycles. The molecule has 0 aromatic heterocycles. The van der Waals surface area contributed by atoms with E-state index in [1.54, 1.807) is 24.3 Å². The van der Waals surface area contributed by atoms with Gasteiger partial charge in [-0.05, 0) is 18.6 Å². The van der Waals surface area contributed by atoms with Crippen LogP contribution in [0.4, 0.5) is 0 Å². The van der Waals surface area contributed by atoms with Gasteiger partial charge in [0.15, 0.2) is 0 Å². The molecule has 0 saturated heterocycles. The highest BCUT2D eigenvalue weighted by Crippen LogP contribution is 2.08. The normalized spacial score (nSPS) is 9.52. The van der Waals surface area contributed by atoms with E-state index in [1.165, 1.54) is 52.7 Å². The highest BCUT2D eigenvalue weighted by molar-refractivity contribution is 5.89. The van der Waals surface area contributed by atoms with E-state index in [9.17, 15) is 9.59 Å². The number of hydrogen-bond donors (Lipinski definition) is 0. The molecular weight excluding hydrogens is 292 g/mol. The molecule has 0 aliphatic rings. The standard InChI is InChI=1S/C11H22O2.C8H8O2/c1-3-4-5-6-7-8-9-10-11(12)13-2;1-10-8(9)7-5-3-2-4-6-7/h3-10H2,1-2H3;2-6H,1H3. The van der Waals surface area contributed by atoms with E-state index in [1.807, 2.05) is 6.07 Å². The number of ether oxygens (including phenoxy) is 2. The minimum Gasteiger partial charge on any atom is -0.469 e. The summed E-state index contributed by atoms with van der Waals surface area (Å²) in [4.78, 5) is 21.5. The molecule has 0 saturated carbocycles. The zero-order chi connectivity index (χ0) is 17.3. The van der Waals surface area contributed by atoms with E-state index in [2.05, 4.69) is 16.4 Å². The topological polar surface area (TPSA) is 52.6 Å². The molecule has 0 N–H and O–H groups in total. The summed E-state index contributed by atoms with van der Waals surface area (Å²) in [5.74, 6) is -0.367. The fourth-order valence-electron chi connectivity index (χ4n) is 2.02. The van der Waals surface area contributed by atoms with Gasteiger partial charge in [0.05, 0.1) is 19.8 Å². The van der Waals surface area contributed by atoms with Gasteiger partial charge in [0.2, 0.25) is 0 Å². The van der Waals surface area contributed by atoms with Crippen LogP contribution in [0.3, 0.4) is 0 Å². The fourth-order valence-corrected chi connectivity index (χ4v) is 2.02. The first kappa shape index (κ1) is 21.2. The third kappa shape index (κ3) is 12.4. The van der Waals surface area contributed by atoms with Crippen molar-refractivity contribution < 1.29 is 19.1 Å². The molecule has 130 valence electrons. The molecule has 0 amide bonds. The Hall–Kier alpha value is -1.84. The van der Waals surface area contributed by atoms with Crippen LogP contribution in [0.2, 0.25) is 0 Å². The summed E-state index contributed by atoms with van der Waals surface area (Å²) in [5, 5.41) is 0. The van der Waals surface area contributed by atoms with Gasteiger partial charge in [0, 0.05) is 6.42 Å². The molecule has 0 heterocycles. The smallest absolute Gasteiger partial charge is 0.337 e. The zero-order valence-electron chi connectivity index (χ0n) is 14.7. The number of unbranched alkanes of at least 4 members (excludes halogenated alkanes) is 6. The lowest BCUT2D eigenvalue weighted by molar-refractivity contribution is -0.140. The Labute approximate surface area is 140 Å². The van der Waals surface area contributed by atoms with E-state index < -0.39 is 0 Å². The molecule has 1 rings (SSSR count). The summed E-state index contributed by atoms with van der Waals surface area (Å²) in [5.41, 5.74) is 0.588. The Morgan fingerprint density at radius 3 is 1.91 bits per heavy atom. The lowest BCUT2D eigenvalue weighted by Crippen LogP contribution is -1.99. The van der Waals surface area contributed by atoms with Crippen LogP contribution < -0.4 is 0 Å². The summed E-state index contributed by atoms with van der Waals surface area (Å²) >= 11 is 0. The van der Waals surface area contributed by atoms with Crippen LogP contribution >= 0.6 is 0 Å². The molecule has 0 bridgehead atoms. The van der Waals surface area contributed by atoms with Gasteiger partial charge >= 0.3 is 11.9 Å². The van der Waals surface area contributed by atoms with Crippen molar-refractivity contribution in [3.63, 3.8) is 0 Å². The van der Waals surface area contributed by atoms with Crippen molar-refractivity contribution in [3.8, 4) is 0 Å². The van der Waals surface area contributed by atoms with Crippen LogP contribution in [0.1, 0.15) is 68.6 Å². The number of rotatable bonds is 9. The third-order valence-electron chi connectivity index (χ3n) is 3.41. The molecule has 1 aromatic carbocycles. The number of hydrogen-bond acceptors (Lipinski definition) is 4. The third-order valence-corrected chi connectivity index (χ3v) is 3.41. The van der Waals surface area contributed by atoms with E-state index in [0.29, 0.717) is 12.0 Å². The minimum atomic E-state index is -0.291. The molecule has 0 fully saturated rings. The minimum absolute atomic E-state index is 0.0754. The van der Waals surface area contributed by atoms with Crippen molar-refractivity contribution in [1.82, 2.24) is 0 Å². The number of esters is 2. The van der Waals surface area contributed by atoms with Crippen LogP contribution in [0.5, 0.6) is 0 Å². The summed E-state index contributed by atoms with van der Waals surface area (Å²) in [6.07, 6.45) is 9.29. The summed E-state index contributed by atoms with van der Waals surface area (Å²) in [6.45, 7) is 2.22. The number of carbonyl (C=O) groups excluding carboxylic acids is 2. The maximum Gasteiger partial charge on any atom is 0.337 e. The van der Waals surface area contributed by atoms with Crippen molar-refractivity contribution in [2.75, 3.05) is 14.2 Å². The van der Waals surface area contributed by atoms with Gasteiger partial charge < -0.3 is 9.47 Å². The average Bonchev–Trinajstić information content (AvgIpc) is 2.61. The Morgan fingerprint density at radius 2 is 1.39 bits per heavy atom. The van der Waals surface area contributed by atoms with Gasteiger partial charge in [-0.15, -0.1) is 0 Å². The highest BCUT2D eigenvalue weighted by atomic mass is 16.5. The first-order valence-corrected chi connectivity index (χ1v) is 8.35. The van der Waals surface area contributed by atoms with E-state index in [0.717, 1.165) is 6.42 Å². The fraction of sp³-hybridized carbons (Fsp3) is 0.579. The maximum atomic E-state index is 10.8.